The van der Waals surface area contributed by atoms with Gasteiger partial charge >= 0.3 is 0 Å². The Balaban J connectivity index is 1.56. The number of piperidine rings is 1. The van der Waals surface area contributed by atoms with Crippen molar-refractivity contribution in [1.29, 1.82) is 0 Å². The van der Waals surface area contributed by atoms with Crippen LogP contribution in [0.1, 0.15) is 93.4 Å². The minimum atomic E-state index is -1.72. The first kappa shape index (κ1) is 23.3. The van der Waals surface area contributed by atoms with E-state index >= 15 is 0 Å². The lowest BCUT2D eigenvalue weighted by Gasteiger charge is -2.62. The molecule has 174 valence electrons. The molecular formula is C27H51NOSi. The fourth-order valence-electron chi connectivity index (χ4n) is 8.77. The van der Waals surface area contributed by atoms with Crippen molar-refractivity contribution in [3.63, 3.8) is 0 Å². The summed E-state index contributed by atoms with van der Waals surface area (Å²) in [6.45, 7) is 23.6. The molecule has 0 bridgehead atoms. The van der Waals surface area contributed by atoms with Gasteiger partial charge < -0.3 is 9.74 Å². The Kier molecular flexibility index (Phi) is 5.89. The molecule has 1 heterocycles. The van der Waals surface area contributed by atoms with Crippen LogP contribution in [0.3, 0.4) is 0 Å². The Morgan fingerprint density at radius 1 is 1.00 bits per heavy atom. The average molecular weight is 434 g/mol. The molecule has 1 N–H and O–H groups in total. The van der Waals surface area contributed by atoms with Crippen LogP contribution in [0.5, 0.6) is 0 Å². The third kappa shape index (κ3) is 3.48. The highest BCUT2D eigenvalue weighted by Gasteiger charge is 2.62. The number of hydrogen-bond donors (Lipinski definition) is 1. The van der Waals surface area contributed by atoms with E-state index in [2.05, 4.69) is 66.9 Å². The number of nitrogens with one attached hydrogen (secondary N) is 1. The lowest BCUT2D eigenvalue weighted by atomic mass is 9.45. The van der Waals surface area contributed by atoms with Crippen molar-refractivity contribution in [3.8, 4) is 0 Å². The molecule has 1 aliphatic heterocycles. The highest BCUT2D eigenvalue weighted by molar-refractivity contribution is 6.74. The van der Waals surface area contributed by atoms with Crippen molar-refractivity contribution in [2.45, 2.75) is 124 Å². The summed E-state index contributed by atoms with van der Waals surface area (Å²) in [5.41, 5.74) is 1.03. The number of rotatable bonds is 3. The molecular weight excluding hydrogens is 382 g/mol. The average Bonchev–Trinajstić information content (AvgIpc) is 2.98. The first-order chi connectivity index (χ1) is 13.8. The summed E-state index contributed by atoms with van der Waals surface area (Å²) in [6, 6.07) is 0.768. The van der Waals surface area contributed by atoms with Crippen LogP contribution in [0.4, 0.5) is 0 Å². The molecule has 4 fully saturated rings. The van der Waals surface area contributed by atoms with Crippen molar-refractivity contribution in [2.24, 2.45) is 40.4 Å². The van der Waals surface area contributed by atoms with Crippen molar-refractivity contribution < 1.29 is 4.43 Å². The molecule has 2 nitrogen and oxygen atoms in total. The van der Waals surface area contributed by atoms with Gasteiger partial charge in [-0.15, -0.1) is 0 Å². The van der Waals surface area contributed by atoms with Crippen molar-refractivity contribution in [2.75, 3.05) is 6.54 Å². The van der Waals surface area contributed by atoms with Crippen molar-refractivity contribution >= 4 is 8.32 Å². The van der Waals surface area contributed by atoms with Gasteiger partial charge in [-0.1, -0.05) is 41.5 Å². The summed E-state index contributed by atoms with van der Waals surface area (Å²) >= 11 is 0. The van der Waals surface area contributed by atoms with Gasteiger partial charge in [-0.3, -0.25) is 0 Å². The van der Waals surface area contributed by atoms with E-state index in [1.54, 1.807) is 0 Å². The second kappa shape index (κ2) is 7.59. The van der Waals surface area contributed by atoms with Crippen LogP contribution in [0.2, 0.25) is 18.1 Å². The molecule has 3 heteroatoms. The van der Waals surface area contributed by atoms with E-state index in [4.69, 9.17) is 4.43 Å². The first-order valence-electron chi connectivity index (χ1n) is 13.2. The van der Waals surface area contributed by atoms with E-state index in [9.17, 15) is 0 Å². The molecule has 0 aromatic rings. The first-order valence-corrected chi connectivity index (χ1v) is 16.1. The fraction of sp³-hybridized carbons (Fsp3) is 1.00. The standard InChI is InChI=1S/C27H51NOSi/c1-18-17-23-27(7,14-10-16-28-23)22-13-15-26(6)20(11-12-21(26)24(18)22)19(2)29-30(8,9)25(3,4)5/h18-24,28H,10-17H2,1-9H3/t18-,19?,20+,21-,22-,23+,24-,26+,27+/m0/s1. The van der Waals surface area contributed by atoms with Crippen LogP contribution in [0.25, 0.3) is 0 Å². The molecule has 0 spiro atoms. The number of hydrogen-bond acceptors (Lipinski definition) is 2. The molecule has 3 aliphatic carbocycles. The van der Waals surface area contributed by atoms with Gasteiger partial charge in [0.1, 0.15) is 0 Å². The van der Waals surface area contributed by atoms with Gasteiger partial charge in [-0.25, -0.2) is 0 Å². The van der Waals surface area contributed by atoms with Gasteiger partial charge in [-0.2, -0.15) is 0 Å². The summed E-state index contributed by atoms with van der Waals surface area (Å²) in [5.74, 6) is 4.42. The van der Waals surface area contributed by atoms with Gasteiger partial charge in [-0.05, 0) is 117 Å². The molecule has 1 saturated heterocycles. The summed E-state index contributed by atoms with van der Waals surface area (Å²) in [5, 5.41) is 4.24. The van der Waals surface area contributed by atoms with E-state index in [1.165, 1.54) is 51.5 Å². The van der Waals surface area contributed by atoms with E-state index in [1.807, 2.05) is 0 Å². The van der Waals surface area contributed by atoms with Crippen LogP contribution >= 0.6 is 0 Å². The van der Waals surface area contributed by atoms with Crippen LogP contribution in [0, 0.1) is 40.4 Å². The van der Waals surface area contributed by atoms with Gasteiger partial charge in [0.05, 0.1) is 0 Å². The van der Waals surface area contributed by atoms with Gasteiger partial charge in [0.15, 0.2) is 8.32 Å². The Morgan fingerprint density at radius 3 is 2.33 bits per heavy atom. The molecule has 3 saturated carbocycles. The zero-order valence-electron chi connectivity index (χ0n) is 21.6. The van der Waals surface area contributed by atoms with Crippen LogP contribution < -0.4 is 5.32 Å². The SMILES string of the molecule is CC(O[Si](C)(C)C(C)(C)C)[C@H]1CC[C@H]2[C@@H]3[C@@H](C)C[C@H]4NCCC[C@]4(C)[C@H]3CC[C@]12C. The van der Waals surface area contributed by atoms with Crippen LogP contribution in [-0.2, 0) is 4.43 Å². The summed E-state index contributed by atoms with van der Waals surface area (Å²) in [6.07, 6.45) is 10.4. The molecule has 0 aromatic heterocycles. The third-order valence-electron chi connectivity index (χ3n) is 11.4. The quantitative estimate of drug-likeness (QED) is 0.473. The van der Waals surface area contributed by atoms with E-state index in [0.29, 0.717) is 22.0 Å². The Bertz CT molecular complexity index is 641. The molecule has 0 radical (unpaired) electrons. The Labute approximate surface area is 188 Å². The minimum Gasteiger partial charge on any atom is -0.414 e. The highest BCUT2D eigenvalue weighted by atomic mass is 28.4. The predicted molar refractivity (Wildman–Crippen MR) is 131 cm³/mol. The second-order valence-electron chi connectivity index (χ2n) is 13.9. The smallest absolute Gasteiger partial charge is 0.192 e. The Hall–Kier alpha value is 0.137. The molecule has 4 aliphatic rings. The maximum atomic E-state index is 7.00. The summed E-state index contributed by atoms with van der Waals surface area (Å²) in [4.78, 5) is 0. The van der Waals surface area contributed by atoms with Crippen LogP contribution in [0.15, 0.2) is 0 Å². The zero-order chi connectivity index (χ0) is 22.1. The monoisotopic (exact) mass is 433 g/mol. The van der Waals surface area contributed by atoms with E-state index in [-0.39, 0.29) is 0 Å². The maximum Gasteiger partial charge on any atom is 0.192 e. The van der Waals surface area contributed by atoms with E-state index in [0.717, 1.165) is 35.6 Å². The third-order valence-corrected chi connectivity index (χ3v) is 16.0. The van der Waals surface area contributed by atoms with Crippen LogP contribution in [-0.4, -0.2) is 27.0 Å². The Morgan fingerprint density at radius 2 is 1.67 bits per heavy atom. The zero-order valence-corrected chi connectivity index (χ0v) is 22.6. The molecule has 9 atom stereocenters. The number of fused-ring (bicyclic) bond motifs is 5. The molecule has 0 aromatic carbocycles. The molecule has 4 rings (SSSR count). The predicted octanol–water partition coefficient (Wildman–Crippen LogP) is 7.25. The fourth-order valence-corrected chi connectivity index (χ4v) is 10.2. The van der Waals surface area contributed by atoms with Gasteiger partial charge in [0.25, 0.3) is 0 Å². The molecule has 0 amide bonds. The minimum absolute atomic E-state index is 0.299. The lowest BCUT2D eigenvalue weighted by molar-refractivity contribution is -0.124. The van der Waals surface area contributed by atoms with E-state index < -0.39 is 8.32 Å². The second-order valence-corrected chi connectivity index (χ2v) is 18.7. The maximum absolute atomic E-state index is 7.00. The lowest BCUT2D eigenvalue weighted by Crippen LogP contribution is -2.62. The normalized spacial score (nSPS) is 47.9. The summed E-state index contributed by atoms with van der Waals surface area (Å²) < 4.78 is 7.00. The highest BCUT2D eigenvalue weighted by Crippen LogP contribution is 2.67. The molecule has 1 unspecified atom stereocenters. The van der Waals surface area contributed by atoms with Crippen molar-refractivity contribution in [3.05, 3.63) is 0 Å². The van der Waals surface area contributed by atoms with Gasteiger partial charge in [0.2, 0.25) is 0 Å². The molecule has 30 heavy (non-hydrogen) atoms. The van der Waals surface area contributed by atoms with Crippen molar-refractivity contribution in [1.82, 2.24) is 5.32 Å². The topological polar surface area (TPSA) is 21.3 Å². The van der Waals surface area contributed by atoms with Gasteiger partial charge in [0, 0.05) is 12.1 Å². The summed E-state index contributed by atoms with van der Waals surface area (Å²) in [7, 11) is -1.72. The largest absolute Gasteiger partial charge is 0.414 e.